The van der Waals surface area contributed by atoms with Crippen LogP contribution in [0.4, 0.5) is 0 Å². The molecule has 0 radical (unpaired) electrons. The number of aromatic nitrogens is 2. The van der Waals surface area contributed by atoms with E-state index in [4.69, 9.17) is 4.74 Å². The van der Waals surface area contributed by atoms with Crippen molar-refractivity contribution in [3.8, 4) is 5.75 Å². The number of benzene rings is 1. The van der Waals surface area contributed by atoms with Gasteiger partial charge in [-0.3, -0.25) is 9.20 Å². The fourth-order valence-corrected chi connectivity index (χ4v) is 2.86. The molecule has 0 saturated heterocycles. The number of ether oxygens (including phenoxy) is 1. The molecule has 0 N–H and O–H groups in total. The van der Waals surface area contributed by atoms with Gasteiger partial charge in [0.1, 0.15) is 12.4 Å². The van der Waals surface area contributed by atoms with Crippen LogP contribution in [-0.2, 0) is 6.61 Å². The molecule has 102 valence electrons. The van der Waals surface area contributed by atoms with Crippen LogP contribution in [0.2, 0.25) is 0 Å². The Hall–Kier alpha value is -2.14. The van der Waals surface area contributed by atoms with Crippen LogP contribution in [0.5, 0.6) is 5.75 Å². The fourth-order valence-electron chi connectivity index (χ4n) is 1.97. The number of nitrogens with zero attached hydrogens (tertiary/aromatic N) is 2. The third-order valence-corrected chi connectivity index (χ3v) is 3.98. The number of hydrogen-bond acceptors (Lipinski definition) is 4. The summed E-state index contributed by atoms with van der Waals surface area (Å²) < 4.78 is 7.26. The molecular weight excluding hydrogens is 272 g/mol. The molecule has 3 rings (SSSR count). The van der Waals surface area contributed by atoms with Gasteiger partial charge in [-0.05, 0) is 26.0 Å². The summed E-state index contributed by atoms with van der Waals surface area (Å²) >= 11 is 1.46. The highest BCUT2D eigenvalue weighted by atomic mass is 32.1. The van der Waals surface area contributed by atoms with Crippen LogP contribution in [-0.4, -0.2) is 9.38 Å². The number of thiazole rings is 1. The predicted molar refractivity (Wildman–Crippen MR) is 79.6 cm³/mol. The number of hydrogen-bond donors (Lipinski definition) is 0. The first kappa shape index (κ1) is 12.9. The summed E-state index contributed by atoms with van der Waals surface area (Å²) in [6, 6.07) is 9.33. The molecular formula is C15H14N2O2S. The highest BCUT2D eigenvalue weighted by molar-refractivity contribution is 7.15. The van der Waals surface area contributed by atoms with Gasteiger partial charge in [-0.1, -0.05) is 17.7 Å². The highest BCUT2D eigenvalue weighted by Gasteiger charge is 2.06. The molecule has 3 aromatic rings. The number of aryl methyl sites for hydroxylation is 2. The smallest absolute Gasteiger partial charge is 0.259 e. The minimum Gasteiger partial charge on any atom is -0.487 e. The van der Waals surface area contributed by atoms with E-state index in [-0.39, 0.29) is 5.56 Å². The molecule has 0 saturated carbocycles. The Balaban J connectivity index is 1.84. The van der Waals surface area contributed by atoms with Gasteiger partial charge in [-0.25, -0.2) is 4.98 Å². The Morgan fingerprint density at radius 2 is 2.00 bits per heavy atom. The van der Waals surface area contributed by atoms with Gasteiger partial charge in [0.15, 0.2) is 4.96 Å². The third-order valence-electron chi connectivity index (χ3n) is 3.04. The molecule has 0 bridgehead atoms. The maximum Gasteiger partial charge on any atom is 0.259 e. The van der Waals surface area contributed by atoms with Gasteiger partial charge < -0.3 is 4.74 Å². The van der Waals surface area contributed by atoms with Crippen molar-refractivity contribution < 1.29 is 4.74 Å². The van der Waals surface area contributed by atoms with Gasteiger partial charge in [-0.2, -0.15) is 0 Å². The lowest BCUT2D eigenvalue weighted by Gasteiger charge is -2.06. The molecule has 0 aliphatic rings. The largest absolute Gasteiger partial charge is 0.487 e. The Kier molecular flexibility index (Phi) is 3.28. The maximum atomic E-state index is 12.0. The third kappa shape index (κ3) is 2.44. The van der Waals surface area contributed by atoms with E-state index in [1.54, 1.807) is 4.40 Å². The quantitative estimate of drug-likeness (QED) is 0.743. The van der Waals surface area contributed by atoms with E-state index in [0.29, 0.717) is 17.3 Å². The summed E-state index contributed by atoms with van der Waals surface area (Å²) in [6.45, 7) is 4.22. The first-order valence-corrected chi connectivity index (χ1v) is 7.18. The molecule has 0 unspecified atom stereocenters. The summed E-state index contributed by atoms with van der Waals surface area (Å²) in [5.41, 5.74) is 2.69. The normalized spacial score (nSPS) is 10.9. The Morgan fingerprint density at radius 3 is 2.75 bits per heavy atom. The van der Waals surface area contributed by atoms with Gasteiger partial charge in [-0.15, -0.1) is 11.3 Å². The van der Waals surface area contributed by atoms with Crippen molar-refractivity contribution in [3.05, 3.63) is 63.0 Å². The zero-order chi connectivity index (χ0) is 14.1. The van der Waals surface area contributed by atoms with Gasteiger partial charge in [0, 0.05) is 17.1 Å². The molecule has 1 aromatic carbocycles. The fraction of sp³-hybridized carbons (Fsp3) is 0.200. The maximum absolute atomic E-state index is 12.0. The standard InChI is InChI=1S/C15H14N2O2S/c1-10-3-5-13(6-4-10)19-8-12-7-14(18)17-11(2)9-20-15(17)16-12/h3-7,9H,8H2,1-2H3. The predicted octanol–water partition coefficient (Wildman–Crippen LogP) is 2.95. The summed E-state index contributed by atoms with van der Waals surface area (Å²) in [5.74, 6) is 0.778. The zero-order valence-corrected chi connectivity index (χ0v) is 12.1. The molecule has 2 heterocycles. The van der Waals surface area contributed by atoms with Gasteiger partial charge in [0.05, 0.1) is 5.69 Å². The van der Waals surface area contributed by atoms with Crippen molar-refractivity contribution in [2.45, 2.75) is 20.5 Å². The van der Waals surface area contributed by atoms with Gasteiger partial charge in [0.25, 0.3) is 5.56 Å². The van der Waals surface area contributed by atoms with Crippen molar-refractivity contribution in [3.63, 3.8) is 0 Å². The van der Waals surface area contributed by atoms with E-state index in [0.717, 1.165) is 11.4 Å². The molecule has 5 heteroatoms. The Morgan fingerprint density at radius 1 is 1.25 bits per heavy atom. The molecule has 0 aliphatic carbocycles. The van der Waals surface area contributed by atoms with Crippen LogP contribution in [0.15, 0.2) is 40.5 Å². The van der Waals surface area contributed by atoms with Crippen LogP contribution in [0.3, 0.4) is 0 Å². The van der Waals surface area contributed by atoms with Crippen molar-refractivity contribution >= 4 is 16.3 Å². The van der Waals surface area contributed by atoms with Crippen molar-refractivity contribution in [1.29, 1.82) is 0 Å². The number of rotatable bonds is 3. The summed E-state index contributed by atoms with van der Waals surface area (Å²) in [4.78, 5) is 17.2. The monoisotopic (exact) mass is 286 g/mol. The second-order valence-electron chi connectivity index (χ2n) is 4.68. The van der Waals surface area contributed by atoms with E-state index >= 15 is 0 Å². The van der Waals surface area contributed by atoms with Crippen molar-refractivity contribution in [2.75, 3.05) is 0 Å². The lowest BCUT2D eigenvalue weighted by Crippen LogP contribution is -2.15. The molecule has 0 atom stereocenters. The molecule has 4 nitrogen and oxygen atoms in total. The average Bonchev–Trinajstić information content (AvgIpc) is 2.80. The zero-order valence-electron chi connectivity index (χ0n) is 11.3. The SMILES string of the molecule is Cc1ccc(OCc2cc(=O)n3c(C)csc3n2)cc1. The number of fused-ring (bicyclic) bond motifs is 1. The van der Waals surface area contributed by atoms with Crippen molar-refractivity contribution in [2.24, 2.45) is 0 Å². The van der Waals surface area contributed by atoms with Crippen LogP contribution in [0.25, 0.3) is 4.96 Å². The topological polar surface area (TPSA) is 43.6 Å². The first-order valence-electron chi connectivity index (χ1n) is 6.30. The summed E-state index contributed by atoms with van der Waals surface area (Å²) in [5, 5.41) is 1.92. The van der Waals surface area contributed by atoms with Crippen molar-refractivity contribution in [1.82, 2.24) is 9.38 Å². The summed E-state index contributed by atoms with van der Waals surface area (Å²) in [6.07, 6.45) is 0. The lowest BCUT2D eigenvalue weighted by atomic mass is 10.2. The minimum absolute atomic E-state index is 0.0590. The van der Waals surface area contributed by atoms with Crippen LogP contribution in [0.1, 0.15) is 17.0 Å². The van der Waals surface area contributed by atoms with Crippen LogP contribution < -0.4 is 10.3 Å². The van der Waals surface area contributed by atoms with E-state index in [9.17, 15) is 4.79 Å². The highest BCUT2D eigenvalue weighted by Crippen LogP contribution is 2.15. The molecule has 0 aliphatic heterocycles. The van der Waals surface area contributed by atoms with Crippen LogP contribution in [0, 0.1) is 13.8 Å². The molecule has 0 fully saturated rings. The first-order chi connectivity index (χ1) is 9.63. The molecule has 0 amide bonds. The molecule has 0 spiro atoms. The Labute approximate surface area is 120 Å². The second-order valence-corrected chi connectivity index (χ2v) is 5.52. The molecule has 2 aromatic heterocycles. The summed E-state index contributed by atoms with van der Waals surface area (Å²) in [7, 11) is 0. The average molecular weight is 286 g/mol. The lowest BCUT2D eigenvalue weighted by molar-refractivity contribution is 0.301. The van der Waals surface area contributed by atoms with Gasteiger partial charge >= 0.3 is 0 Å². The van der Waals surface area contributed by atoms with E-state index in [2.05, 4.69) is 4.98 Å². The minimum atomic E-state index is -0.0590. The second kappa shape index (κ2) is 5.09. The van der Waals surface area contributed by atoms with Crippen LogP contribution >= 0.6 is 11.3 Å². The molecule has 20 heavy (non-hydrogen) atoms. The Bertz CT molecular complexity index is 803. The van der Waals surface area contributed by atoms with E-state index in [1.165, 1.54) is 23.0 Å². The van der Waals surface area contributed by atoms with E-state index < -0.39 is 0 Å². The van der Waals surface area contributed by atoms with E-state index in [1.807, 2.05) is 43.5 Å². The van der Waals surface area contributed by atoms with Gasteiger partial charge in [0.2, 0.25) is 0 Å².